The lowest BCUT2D eigenvalue weighted by molar-refractivity contribution is 0.120. The van der Waals surface area contributed by atoms with Crippen molar-refractivity contribution in [3.05, 3.63) is 12.4 Å². The first-order valence-corrected chi connectivity index (χ1v) is 7.05. The Morgan fingerprint density at radius 3 is 3.05 bits per heavy atom. The lowest BCUT2D eigenvalue weighted by Gasteiger charge is -2.28. The molecule has 1 atom stereocenters. The van der Waals surface area contributed by atoms with Gasteiger partial charge in [0.1, 0.15) is 18.0 Å². The summed E-state index contributed by atoms with van der Waals surface area (Å²) in [5, 5.41) is 6.69. The summed E-state index contributed by atoms with van der Waals surface area (Å²) in [5.74, 6) is 1.89. The molecule has 0 bridgehead atoms. The van der Waals surface area contributed by atoms with Crippen molar-refractivity contribution in [1.82, 2.24) is 15.3 Å². The highest BCUT2D eigenvalue weighted by molar-refractivity contribution is 5.48. The third-order valence-electron chi connectivity index (χ3n) is 3.63. The van der Waals surface area contributed by atoms with Gasteiger partial charge in [-0.1, -0.05) is 0 Å². The van der Waals surface area contributed by atoms with Gasteiger partial charge in [-0.05, 0) is 12.8 Å². The molecule has 0 spiro atoms. The minimum atomic E-state index is 0.331. The van der Waals surface area contributed by atoms with Crippen molar-refractivity contribution in [1.29, 1.82) is 0 Å². The fourth-order valence-electron chi connectivity index (χ4n) is 2.53. The van der Waals surface area contributed by atoms with E-state index in [1.54, 1.807) is 6.33 Å². The number of nitrogens with one attached hydrogen (secondary N) is 2. The topological polar surface area (TPSA) is 62.3 Å². The van der Waals surface area contributed by atoms with Gasteiger partial charge < -0.3 is 20.3 Å². The van der Waals surface area contributed by atoms with Gasteiger partial charge in [0.15, 0.2) is 0 Å². The number of piperazine rings is 1. The second-order valence-corrected chi connectivity index (χ2v) is 5.01. The van der Waals surface area contributed by atoms with Crippen LogP contribution in [0.1, 0.15) is 12.8 Å². The Balaban J connectivity index is 1.58. The predicted molar refractivity (Wildman–Crippen MR) is 74.6 cm³/mol. The van der Waals surface area contributed by atoms with Gasteiger partial charge in [-0.2, -0.15) is 0 Å². The average Bonchev–Trinajstić information content (AvgIpc) is 3.00. The standard InChI is InChI=1S/C13H21N5O/c1-2-11(19-7-1)9-15-12-8-13(17-10-16-12)18-5-3-14-4-6-18/h8,10-11,14H,1-7,9H2,(H,15,16,17). The molecule has 2 fully saturated rings. The molecule has 2 N–H and O–H groups in total. The normalized spacial score (nSPS) is 23.6. The van der Waals surface area contributed by atoms with Gasteiger partial charge in [0, 0.05) is 45.4 Å². The number of rotatable bonds is 4. The summed E-state index contributed by atoms with van der Waals surface area (Å²) in [6.45, 7) is 5.76. The first-order valence-electron chi connectivity index (χ1n) is 7.05. The van der Waals surface area contributed by atoms with E-state index in [4.69, 9.17) is 4.74 Å². The fourth-order valence-corrected chi connectivity index (χ4v) is 2.53. The summed E-state index contributed by atoms with van der Waals surface area (Å²) in [5.41, 5.74) is 0. The zero-order chi connectivity index (χ0) is 12.9. The summed E-state index contributed by atoms with van der Waals surface area (Å²) < 4.78 is 5.60. The quantitative estimate of drug-likeness (QED) is 0.824. The lowest BCUT2D eigenvalue weighted by Crippen LogP contribution is -2.43. The molecule has 2 aliphatic heterocycles. The molecule has 6 heteroatoms. The minimum absolute atomic E-state index is 0.331. The van der Waals surface area contributed by atoms with Gasteiger partial charge in [-0.15, -0.1) is 0 Å². The monoisotopic (exact) mass is 263 g/mol. The van der Waals surface area contributed by atoms with Crippen molar-refractivity contribution in [3.63, 3.8) is 0 Å². The molecule has 1 unspecified atom stereocenters. The van der Waals surface area contributed by atoms with Crippen molar-refractivity contribution in [2.75, 3.05) is 49.5 Å². The molecule has 0 saturated carbocycles. The van der Waals surface area contributed by atoms with Crippen LogP contribution in [-0.4, -0.2) is 55.4 Å². The number of hydrogen-bond acceptors (Lipinski definition) is 6. The Kier molecular flexibility index (Phi) is 4.10. The SMILES string of the molecule is c1nc(NCC2CCCO2)cc(N2CCNCC2)n1. The van der Waals surface area contributed by atoms with E-state index < -0.39 is 0 Å². The molecule has 19 heavy (non-hydrogen) atoms. The van der Waals surface area contributed by atoms with Crippen molar-refractivity contribution < 1.29 is 4.74 Å². The van der Waals surface area contributed by atoms with E-state index >= 15 is 0 Å². The van der Waals surface area contributed by atoms with Crippen LogP contribution in [0.15, 0.2) is 12.4 Å². The van der Waals surface area contributed by atoms with Gasteiger partial charge >= 0.3 is 0 Å². The molecule has 0 amide bonds. The molecule has 3 heterocycles. The second-order valence-electron chi connectivity index (χ2n) is 5.01. The summed E-state index contributed by atoms with van der Waals surface area (Å²) in [7, 11) is 0. The van der Waals surface area contributed by atoms with Crippen LogP contribution in [0.5, 0.6) is 0 Å². The minimum Gasteiger partial charge on any atom is -0.376 e. The highest BCUT2D eigenvalue weighted by Crippen LogP contribution is 2.16. The number of aromatic nitrogens is 2. The first-order chi connectivity index (χ1) is 9.42. The number of anilines is 2. The van der Waals surface area contributed by atoms with Crippen molar-refractivity contribution in [2.24, 2.45) is 0 Å². The van der Waals surface area contributed by atoms with Gasteiger partial charge in [0.2, 0.25) is 0 Å². The Hall–Kier alpha value is -1.40. The third-order valence-corrected chi connectivity index (χ3v) is 3.63. The van der Waals surface area contributed by atoms with Crippen LogP contribution in [0.4, 0.5) is 11.6 Å². The Bertz CT molecular complexity index is 402. The summed E-state index contributed by atoms with van der Waals surface area (Å²) in [6, 6.07) is 2.03. The zero-order valence-electron chi connectivity index (χ0n) is 11.1. The molecule has 0 radical (unpaired) electrons. The molecule has 104 valence electrons. The average molecular weight is 263 g/mol. The second kappa shape index (κ2) is 6.16. The zero-order valence-corrected chi connectivity index (χ0v) is 11.1. The van der Waals surface area contributed by atoms with E-state index in [-0.39, 0.29) is 0 Å². The Morgan fingerprint density at radius 1 is 1.37 bits per heavy atom. The van der Waals surface area contributed by atoms with E-state index in [2.05, 4.69) is 25.5 Å². The largest absolute Gasteiger partial charge is 0.376 e. The third kappa shape index (κ3) is 3.33. The summed E-state index contributed by atoms with van der Waals surface area (Å²) in [4.78, 5) is 10.9. The van der Waals surface area contributed by atoms with Crippen LogP contribution in [-0.2, 0) is 4.74 Å². The molecule has 6 nitrogen and oxygen atoms in total. The van der Waals surface area contributed by atoms with Crippen molar-refractivity contribution in [2.45, 2.75) is 18.9 Å². The Labute approximate surface area is 113 Å². The number of hydrogen-bond donors (Lipinski definition) is 2. The molecular formula is C13H21N5O. The molecule has 1 aromatic rings. The van der Waals surface area contributed by atoms with E-state index in [9.17, 15) is 0 Å². The maximum absolute atomic E-state index is 5.60. The predicted octanol–water partition coefficient (Wildman–Crippen LogP) is 0.477. The van der Waals surface area contributed by atoms with Crippen LogP contribution < -0.4 is 15.5 Å². The number of ether oxygens (including phenoxy) is 1. The molecule has 0 aromatic carbocycles. The maximum atomic E-state index is 5.60. The van der Waals surface area contributed by atoms with Crippen molar-refractivity contribution >= 4 is 11.6 Å². The van der Waals surface area contributed by atoms with E-state index in [1.165, 1.54) is 6.42 Å². The molecule has 3 rings (SSSR count). The van der Waals surface area contributed by atoms with Gasteiger partial charge in [0.05, 0.1) is 6.10 Å². The van der Waals surface area contributed by atoms with Crippen LogP contribution in [0.2, 0.25) is 0 Å². The molecular weight excluding hydrogens is 242 g/mol. The van der Waals surface area contributed by atoms with Gasteiger partial charge in [0.25, 0.3) is 0 Å². The van der Waals surface area contributed by atoms with Crippen LogP contribution in [0, 0.1) is 0 Å². The molecule has 0 aliphatic carbocycles. The first kappa shape index (κ1) is 12.6. The molecule has 2 aliphatic rings. The molecule has 2 saturated heterocycles. The highest BCUT2D eigenvalue weighted by Gasteiger charge is 2.16. The molecule has 1 aromatic heterocycles. The summed E-state index contributed by atoms with van der Waals surface area (Å²) >= 11 is 0. The number of nitrogens with zero attached hydrogens (tertiary/aromatic N) is 3. The van der Waals surface area contributed by atoms with Crippen LogP contribution in [0.3, 0.4) is 0 Å². The van der Waals surface area contributed by atoms with Gasteiger partial charge in [-0.25, -0.2) is 9.97 Å². The highest BCUT2D eigenvalue weighted by atomic mass is 16.5. The van der Waals surface area contributed by atoms with Crippen LogP contribution in [0.25, 0.3) is 0 Å². The lowest BCUT2D eigenvalue weighted by atomic mass is 10.2. The van der Waals surface area contributed by atoms with Crippen LogP contribution >= 0.6 is 0 Å². The Morgan fingerprint density at radius 2 is 2.26 bits per heavy atom. The fraction of sp³-hybridized carbons (Fsp3) is 0.692. The maximum Gasteiger partial charge on any atom is 0.134 e. The van der Waals surface area contributed by atoms with E-state index in [1.807, 2.05) is 6.07 Å². The van der Waals surface area contributed by atoms with Gasteiger partial charge in [-0.3, -0.25) is 0 Å². The summed E-state index contributed by atoms with van der Waals surface area (Å²) in [6.07, 6.45) is 4.28. The smallest absolute Gasteiger partial charge is 0.134 e. The van der Waals surface area contributed by atoms with Crippen molar-refractivity contribution in [3.8, 4) is 0 Å². The van der Waals surface area contributed by atoms with E-state index in [0.717, 1.165) is 57.4 Å². The van der Waals surface area contributed by atoms with E-state index in [0.29, 0.717) is 6.10 Å².